The topological polar surface area (TPSA) is 102 Å². The van der Waals surface area contributed by atoms with Crippen molar-refractivity contribution in [1.29, 1.82) is 0 Å². The minimum absolute atomic E-state index is 0.209. The number of carbonyl (C=O) groups excluding carboxylic acids is 3. The van der Waals surface area contributed by atoms with Crippen molar-refractivity contribution in [2.75, 3.05) is 35.2 Å². The van der Waals surface area contributed by atoms with Crippen LogP contribution >= 0.6 is 11.8 Å². The molecule has 9 heteroatoms. The Morgan fingerprint density at radius 1 is 0.909 bits per heavy atom. The molecule has 44 heavy (non-hydrogen) atoms. The van der Waals surface area contributed by atoms with Gasteiger partial charge in [-0.2, -0.15) is 0 Å². The lowest BCUT2D eigenvalue weighted by Crippen LogP contribution is -2.52. The van der Waals surface area contributed by atoms with E-state index in [2.05, 4.69) is 36.3 Å². The van der Waals surface area contributed by atoms with Crippen LogP contribution in [-0.4, -0.2) is 63.0 Å². The molecule has 8 nitrogen and oxygen atoms in total. The fraction of sp³-hybridized carbons (Fsp3) is 0.400. The van der Waals surface area contributed by atoms with E-state index < -0.39 is 33.4 Å². The maximum atomic E-state index is 14.6. The number of aliphatic hydroxyl groups is 1. The molecule has 3 aromatic carbocycles. The molecule has 0 saturated carbocycles. The molecule has 3 fully saturated rings. The number of rotatable bonds is 10. The Morgan fingerprint density at radius 3 is 2.11 bits per heavy atom. The summed E-state index contributed by atoms with van der Waals surface area (Å²) in [6.07, 6.45) is 1.34. The third kappa shape index (κ3) is 4.96. The Morgan fingerprint density at radius 2 is 1.50 bits per heavy atom. The zero-order chi connectivity index (χ0) is 31.1. The normalized spacial score (nSPS) is 27.6. The molecule has 0 aliphatic carbocycles. The number of nitrogens with one attached hydrogen (secondary N) is 2. The number of hydrogen-bond acceptors (Lipinski definition) is 6. The van der Waals surface area contributed by atoms with Crippen molar-refractivity contribution in [3.63, 3.8) is 0 Å². The first-order valence-electron chi connectivity index (χ1n) is 15.5. The largest absolute Gasteiger partial charge is 0.394 e. The van der Waals surface area contributed by atoms with Gasteiger partial charge in [0.1, 0.15) is 6.04 Å². The highest BCUT2D eigenvalue weighted by Gasteiger charge is 2.77. The van der Waals surface area contributed by atoms with Gasteiger partial charge in [-0.3, -0.25) is 14.4 Å². The van der Waals surface area contributed by atoms with Crippen LogP contribution in [0, 0.1) is 11.8 Å². The third-order valence-electron chi connectivity index (χ3n) is 9.74. The van der Waals surface area contributed by atoms with Crippen molar-refractivity contribution >= 4 is 46.5 Å². The summed E-state index contributed by atoms with van der Waals surface area (Å²) in [6, 6.07) is 24.8. The lowest BCUT2D eigenvalue weighted by molar-refractivity contribution is -0.141. The van der Waals surface area contributed by atoms with Crippen LogP contribution in [0.15, 0.2) is 84.9 Å². The first-order valence-corrected chi connectivity index (χ1v) is 16.3. The predicted octanol–water partition coefficient (Wildman–Crippen LogP) is 5.32. The molecular formula is C35H40N4O4S. The number of fused-ring (bicyclic) bond motifs is 1. The number of hydrogen-bond donors (Lipinski definition) is 3. The summed E-state index contributed by atoms with van der Waals surface area (Å²) in [5.74, 6) is -2.09. The molecule has 1 spiro atoms. The van der Waals surface area contributed by atoms with Gasteiger partial charge in [-0.05, 0) is 75.6 Å². The van der Waals surface area contributed by atoms with E-state index in [1.165, 1.54) is 0 Å². The first-order chi connectivity index (χ1) is 21.3. The Balaban J connectivity index is 1.38. The summed E-state index contributed by atoms with van der Waals surface area (Å²) < 4.78 is -1.31. The molecule has 2 unspecified atom stereocenters. The predicted molar refractivity (Wildman–Crippen MR) is 176 cm³/mol. The average molecular weight is 613 g/mol. The summed E-state index contributed by atoms with van der Waals surface area (Å²) in [5, 5.41) is 16.9. The van der Waals surface area contributed by atoms with Crippen LogP contribution in [0.5, 0.6) is 0 Å². The number of nitrogens with zero attached hydrogens (tertiary/aromatic N) is 2. The van der Waals surface area contributed by atoms with Crippen LogP contribution in [-0.2, 0) is 14.4 Å². The smallest absolute Gasteiger partial charge is 0.248 e. The van der Waals surface area contributed by atoms with Gasteiger partial charge >= 0.3 is 0 Å². The molecule has 3 heterocycles. The lowest BCUT2D eigenvalue weighted by Gasteiger charge is -2.37. The molecule has 3 aliphatic heterocycles. The maximum absolute atomic E-state index is 14.6. The minimum Gasteiger partial charge on any atom is -0.394 e. The number of benzene rings is 3. The van der Waals surface area contributed by atoms with Gasteiger partial charge in [-0.1, -0.05) is 48.5 Å². The summed E-state index contributed by atoms with van der Waals surface area (Å²) in [4.78, 5) is 46.9. The van der Waals surface area contributed by atoms with E-state index in [0.717, 1.165) is 24.3 Å². The van der Waals surface area contributed by atoms with E-state index >= 15 is 0 Å². The number of anilines is 3. The van der Waals surface area contributed by atoms with E-state index in [-0.39, 0.29) is 24.3 Å². The molecule has 2 bridgehead atoms. The Bertz CT molecular complexity index is 1520. The molecule has 3 N–H and O–H groups in total. The van der Waals surface area contributed by atoms with Crippen LogP contribution in [0.25, 0.3) is 0 Å². The van der Waals surface area contributed by atoms with Gasteiger partial charge in [0, 0.05) is 34.9 Å². The molecule has 6 rings (SSSR count). The molecule has 3 aromatic rings. The number of para-hydroxylation sites is 1. The molecule has 3 saturated heterocycles. The highest BCUT2D eigenvalue weighted by molar-refractivity contribution is 8.02. The molecule has 230 valence electrons. The van der Waals surface area contributed by atoms with Crippen LogP contribution in [0.4, 0.5) is 17.1 Å². The molecule has 0 aromatic heterocycles. The van der Waals surface area contributed by atoms with Crippen LogP contribution < -0.4 is 15.5 Å². The van der Waals surface area contributed by atoms with Gasteiger partial charge < -0.3 is 25.5 Å². The third-order valence-corrected chi connectivity index (χ3v) is 11.7. The number of carbonyl (C=O) groups is 3. The maximum Gasteiger partial charge on any atom is 0.248 e. The van der Waals surface area contributed by atoms with Gasteiger partial charge in [-0.15, -0.1) is 11.8 Å². The summed E-state index contributed by atoms with van der Waals surface area (Å²) in [7, 11) is 0. The van der Waals surface area contributed by atoms with Gasteiger partial charge in [0.25, 0.3) is 0 Å². The highest BCUT2D eigenvalue weighted by atomic mass is 32.2. The van der Waals surface area contributed by atoms with Gasteiger partial charge in [0.15, 0.2) is 0 Å². The second-order valence-electron chi connectivity index (χ2n) is 12.1. The second-order valence-corrected chi connectivity index (χ2v) is 14.0. The quantitative estimate of drug-likeness (QED) is 0.286. The van der Waals surface area contributed by atoms with Gasteiger partial charge in [-0.25, -0.2) is 0 Å². The van der Waals surface area contributed by atoms with Crippen LogP contribution in [0.2, 0.25) is 0 Å². The summed E-state index contributed by atoms with van der Waals surface area (Å²) >= 11 is 1.62. The Kier molecular flexibility index (Phi) is 8.20. The van der Waals surface area contributed by atoms with Crippen molar-refractivity contribution in [3.05, 3.63) is 90.5 Å². The molecule has 3 amide bonds. The fourth-order valence-corrected chi connectivity index (χ4v) is 10.1. The number of aliphatic hydroxyl groups excluding tert-OH is 1. The monoisotopic (exact) mass is 612 g/mol. The van der Waals surface area contributed by atoms with Gasteiger partial charge in [0.05, 0.1) is 29.2 Å². The molecular weight excluding hydrogens is 572 g/mol. The standard InChI is InChI=1S/C35H40N4O4S/c1-4-38(5-2)26-18-16-25(17-19-26)37-32(42)30-35-21-20-34(3,44-35)28(31(41)36-24-14-10-7-11-15-24)29(35)33(43)39(30)27(22-40)23-12-8-6-9-13-23/h6-19,27-30,40H,4-5,20-22H2,1-3H3,(H,36,41)(H,37,42)/t27-,28-,29+,30?,34+,35?/m1/s1. The van der Waals surface area contributed by atoms with Crippen LogP contribution in [0.1, 0.15) is 45.2 Å². The van der Waals surface area contributed by atoms with E-state index in [1.54, 1.807) is 16.7 Å². The second kappa shape index (κ2) is 11.9. The zero-order valence-corrected chi connectivity index (χ0v) is 26.2. The summed E-state index contributed by atoms with van der Waals surface area (Å²) in [5.41, 5.74) is 3.13. The molecule has 3 aliphatic rings. The average Bonchev–Trinajstić information content (AvgIpc) is 3.61. The highest BCUT2D eigenvalue weighted by Crippen LogP contribution is 2.72. The fourth-order valence-electron chi connectivity index (χ4n) is 7.73. The van der Waals surface area contributed by atoms with E-state index in [1.807, 2.05) is 84.9 Å². The van der Waals surface area contributed by atoms with Crippen LogP contribution in [0.3, 0.4) is 0 Å². The van der Waals surface area contributed by atoms with Crippen molar-refractivity contribution in [2.24, 2.45) is 11.8 Å². The molecule has 6 atom stereocenters. The van der Waals surface area contributed by atoms with E-state index in [9.17, 15) is 19.5 Å². The van der Waals surface area contributed by atoms with E-state index in [4.69, 9.17) is 0 Å². The van der Waals surface area contributed by atoms with Gasteiger partial charge in [0.2, 0.25) is 17.7 Å². The molecule has 0 radical (unpaired) electrons. The SMILES string of the molecule is CCN(CC)c1ccc(NC(=O)C2N([C@H](CO)c3ccccc3)C(=O)[C@@H]3[C@H](C(=O)Nc4ccccc4)[C@]4(C)CCC23S4)cc1. The first kappa shape index (κ1) is 30.2. The number of thioether (sulfide) groups is 1. The van der Waals surface area contributed by atoms with E-state index in [0.29, 0.717) is 24.2 Å². The number of likely N-dealkylation sites (tertiary alicyclic amines) is 1. The van der Waals surface area contributed by atoms with Crippen molar-refractivity contribution in [2.45, 2.75) is 55.2 Å². The number of amides is 3. The summed E-state index contributed by atoms with van der Waals surface area (Å²) in [6.45, 7) is 7.67. The lowest BCUT2D eigenvalue weighted by atomic mass is 9.66. The van der Waals surface area contributed by atoms with Crippen molar-refractivity contribution in [3.8, 4) is 0 Å². The van der Waals surface area contributed by atoms with Crippen molar-refractivity contribution in [1.82, 2.24) is 4.90 Å². The van der Waals surface area contributed by atoms with Crippen molar-refractivity contribution < 1.29 is 19.5 Å². The Labute approximate surface area is 263 Å². The Hall–Kier alpha value is -3.82. The zero-order valence-electron chi connectivity index (χ0n) is 25.4. The minimum atomic E-state index is -0.874.